The van der Waals surface area contributed by atoms with Crippen LogP contribution in [0.2, 0.25) is 0 Å². The number of hydrogen-bond acceptors (Lipinski definition) is 3. The summed E-state index contributed by atoms with van der Waals surface area (Å²) in [6.45, 7) is 0. The number of rotatable bonds is 3. The number of nitrogens with one attached hydrogen (secondary N) is 1. The molecule has 2 aromatic heterocycles. The number of furan rings is 1. The lowest BCUT2D eigenvalue weighted by molar-refractivity contribution is -0.141. The first kappa shape index (κ1) is 17.2. The molecule has 0 fully saturated rings. The monoisotopic (exact) mass is 410 g/mol. The van der Waals surface area contributed by atoms with E-state index in [9.17, 15) is 18.0 Å². The average molecular weight is 411 g/mol. The number of halogens is 4. The standard InChI is InChI=1S/C17H10BrF3N2O2/c18-11-3-1-10(2-4-11)14-8-7-13(25-14)6-5-12-9-15(17(19,20)21)23-16(24)22-12/h1-9H,(H,22,23,24)/b6-5+. The molecule has 0 radical (unpaired) electrons. The van der Waals surface area contributed by atoms with Crippen molar-refractivity contribution in [2.75, 3.05) is 0 Å². The van der Waals surface area contributed by atoms with Gasteiger partial charge < -0.3 is 9.40 Å². The van der Waals surface area contributed by atoms with Gasteiger partial charge in [-0.25, -0.2) is 4.79 Å². The van der Waals surface area contributed by atoms with Crippen molar-refractivity contribution in [3.8, 4) is 11.3 Å². The van der Waals surface area contributed by atoms with E-state index in [2.05, 4.69) is 20.9 Å². The van der Waals surface area contributed by atoms with Gasteiger partial charge in [-0.15, -0.1) is 0 Å². The number of H-pyrrole nitrogens is 1. The fourth-order valence-electron chi connectivity index (χ4n) is 2.09. The van der Waals surface area contributed by atoms with Gasteiger partial charge in [-0.3, -0.25) is 0 Å². The zero-order chi connectivity index (χ0) is 18.0. The number of aromatic amines is 1. The molecule has 0 saturated heterocycles. The maximum Gasteiger partial charge on any atom is 0.431 e. The maximum absolute atomic E-state index is 12.7. The Bertz CT molecular complexity index is 973. The maximum atomic E-state index is 12.7. The molecule has 0 atom stereocenters. The smallest absolute Gasteiger partial charge is 0.431 e. The predicted molar refractivity (Wildman–Crippen MR) is 90.6 cm³/mol. The van der Waals surface area contributed by atoms with E-state index in [4.69, 9.17) is 4.42 Å². The molecule has 0 aliphatic carbocycles. The predicted octanol–water partition coefficient (Wildman–Crippen LogP) is 4.98. The van der Waals surface area contributed by atoms with Crippen molar-refractivity contribution in [1.82, 2.24) is 9.97 Å². The Labute approximate surface area is 148 Å². The first-order chi connectivity index (χ1) is 11.8. The Morgan fingerprint density at radius 2 is 1.80 bits per heavy atom. The van der Waals surface area contributed by atoms with Crippen LogP contribution in [0.5, 0.6) is 0 Å². The number of hydrogen-bond donors (Lipinski definition) is 1. The normalized spacial score (nSPS) is 12.0. The second kappa shape index (κ2) is 6.72. The lowest BCUT2D eigenvalue weighted by Gasteiger charge is -2.05. The minimum absolute atomic E-state index is 0.113. The first-order valence-corrected chi connectivity index (χ1v) is 7.83. The van der Waals surface area contributed by atoms with Gasteiger partial charge in [0.1, 0.15) is 17.2 Å². The van der Waals surface area contributed by atoms with E-state index in [1.165, 1.54) is 12.2 Å². The van der Waals surface area contributed by atoms with Crippen molar-refractivity contribution >= 4 is 28.1 Å². The summed E-state index contributed by atoms with van der Waals surface area (Å²) < 4.78 is 44.6. The Kier molecular flexibility index (Phi) is 4.63. The Morgan fingerprint density at radius 3 is 2.48 bits per heavy atom. The molecule has 25 heavy (non-hydrogen) atoms. The third-order valence-electron chi connectivity index (χ3n) is 3.24. The molecule has 1 aromatic carbocycles. The van der Waals surface area contributed by atoms with Gasteiger partial charge in [0.05, 0.1) is 5.69 Å². The minimum atomic E-state index is -4.65. The van der Waals surface area contributed by atoms with Gasteiger partial charge in [-0.2, -0.15) is 18.2 Å². The van der Waals surface area contributed by atoms with Crippen molar-refractivity contribution in [3.05, 3.63) is 74.6 Å². The molecule has 128 valence electrons. The molecule has 2 heterocycles. The van der Waals surface area contributed by atoms with Crippen LogP contribution in [0.25, 0.3) is 23.5 Å². The van der Waals surface area contributed by atoms with Gasteiger partial charge in [0, 0.05) is 10.0 Å². The fraction of sp³-hybridized carbons (Fsp3) is 0.0588. The number of alkyl halides is 3. The van der Waals surface area contributed by atoms with Crippen LogP contribution < -0.4 is 5.69 Å². The van der Waals surface area contributed by atoms with Crippen molar-refractivity contribution in [2.24, 2.45) is 0 Å². The van der Waals surface area contributed by atoms with Gasteiger partial charge >= 0.3 is 11.9 Å². The molecule has 0 aliphatic rings. The van der Waals surface area contributed by atoms with Crippen molar-refractivity contribution in [2.45, 2.75) is 6.18 Å². The zero-order valence-electron chi connectivity index (χ0n) is 12.5. The Morgan fingerprint density at radius 1 is 1.08 bits per heavy atom. The van der Waals surface area contributed by atoms with Gasteiger partial charge in [0.2, 0.25) is 0 Å². The van der Waals surface area contributed by atoms with Crippen molar-refractivity contribution < 1.29 is 17.6 Å². The SMILES string of the molecule is O=c1nc(/C=C/c2ccc(-c3ccc(Br)cc3)o2)cc(C(F)(F)F)[nH]1. The zero-order valence-corrected chi connectivity index (χ0v) is 14.1. The number of nitrogens with zero attached hydrogens (tertiary/aromatic N) is 1. The fourth-order valence-corrected chi connectivity index (χ4v) is 2.36. The van der Waals surface area contributed by atoms with E-state index in [0.29, 0.717) is 11.5 Å². The minimum Gasteiger partial charge on any atom is -0.457 e. The van der Waals surface area contributed by atoms with Crippen molar-refractivity contribution in [3.63, 3.8) is 0 Å². The highest BCUT2D eigenvalue weighted by Crippen LogP contribution is 2.27. The summed E-state index contributed by atoms with van der Waals surface area (Å²) in [5, 5.41) is 0. The molecule has 0 spiro atoms. The van der Waals surface area contributed by atoms with Crippen LogP contribution in [0.3, 0.4) is 0 Å². The lowest BCUT2D eigenvalue weighted by Crippen LogP contribution is -2.19. The molecular weight excluding hydrogens is 401 g/mol. The van der Waals surface area contributed by atoms with Crippen LogP contribution in [0, 0.1) is 0 Å². The Hall–Kier alpha value is -2.61. The first-order valence-electron chi connectivity index (χ1n) is 7.04. The van der Waals surface area contributed by atoms with E-state index in [-0.39, 0.29) is 5.69 Å². The number of benzene rings is 1. The van der Waals surface area contributed by atoms with Crippen molar-refractivity contribution in [1.29, 1.82) is 0 Å². The van der Waals surface area contributed by atoms with Gasteiger partial charge in [-0.05, 0) is 42.5 Å². The summed E-state index contributed by atoms with van der Waals surface area (Å²) in [4.78, 5) is 16.4. The molecule has 3 rings (SSSR count). The van der Waals surface area contributed by atoms with Gasteiger partial charge in [-0.1, -0.05) is 28.1 Å². The second-order valence-electron chi connectivity index (χ2n) is 5.06. The summed E-state index contributed by atoms with van der Waals surface area (Å²) in [5.74, 6) is 1.04. The molecule has 0 bridgehead atoms. The summed E-state index contributed by atoms with van der Waals surface area (Å²) in [6.07, 6.45) is -1.91. The summed E-state index contributed by atoms with van der Waals surface area (Å²) in [7, 11) is 0. The largest absolute Gasteiger partial charge is 0.457 e. The summed E-state index contributed by atoms with van der Waals surface area (Å²) in [6, 6.07) is 11.6. The van der Waals surface area contributed by atoms with Crippen LogP contribution in [-0.2, 0) is 6.18 Å². The molecule has 4 nitrogen and oxygen atoms in total. The van der Waals surface area contributed by atoms with E-state index in [1.54, 1.807) is 17.1 Å². The molecular formula is C17H10BrF3N2O2. The average Bonchev–Trinajstić information content (AvgIpc) is 3.01. The van der Waals surface area contributed by atoms with Crippen LogP contribution >= 0.6 is 15.9 Å². The van der Waals surface area contributed by atoms with E-state index in [1.807, 2.05) is 24.3 Å². The number of aromatic nitrogens is 2. The van der Waals surface area contributed by atoms with Crippen LogP contribution in [0.4, 0.5) is 13.2 Å². The highest BCUT2D eigenvalue weighted by Gasteiger charge is 2.32. The highest BCUT2D eigenvalue weighted by atomic mass is 79.9. The molecule has 1 N–H and O–H groups in total. The molecule has 3 aromatic rings. The van der Waals surface area contributed by atoms with Gasteiger partial charge in [0.15, 0.2) is 0 Å². The van der Waals surface area contributed by atoms with Crippen LogP contribution in [-0.4, -0.2) is 9.97 Å². The third-order valence-corrected chi connectivity index (χ3v) is 3.77. The van der Waals surface area contributed by atoms with Crippen LogP contribution in [0.1, 0.15) is 17.1 Å². The summed E-state index contributed by atoms with van der Waals surface area (Å²) >= 11 is 3.34. The quantitative estimate of drug-likeness (QED) is 0.662. The molecule has 0 aliphatic heterocycles. The lowest BCUT2D eigenvalue weighted by atomic mass is 10.2. The van der Waals surface area contributed by atoms with E-state index >= 15 is 0 Å². The van der Waals surface area contributed by atoms with Crippen LogP contribution in [0.15, 0.2) is 56.1 Å². The third kappa shape index (κ3) is 4.27. The second-order valence-corrected chi connectivity index (χ2v) is 5.98. The Balaban J connectivity index is 1.85. The highest BCUT2D eigenvalue weighted by molar-refractivity contribution is 9.10. The molecule has 8 heteroatoms. The molecule has 0 saturated carbocycles. The van der Waals surface area contributed by atoms with E-state index in [0.717, 1.165) is 16.1 Å². The van der Waals surface area contributed by atoms with E-state index < -0.39 is 17.6 Å². The van der Waals surface area contributed by atoms with Gasteiger partial charge in [0.25, 0.3) is 0 Å². The topological polar surface area (TPSA) is 58.9 Å². The molecule has 0 amide bonds. The molecule has 0 unspecified atom stereocenters. The summed E-state index contributed by atoms with van der Waals surface area (Å²) in [5.41, 5.74) is -1.47.